The third-order valence-electron chi connectivity index (χ3n) is 6.40. The zero-order valence-corrected chi connectivity index (χ0v) is 26.3. The van der Waals surface area contributed by atoms with Crippen molar-refractivity contribution in [2.75, 3.05) is 0 Å². The molecule has 1 aliphatic heterocycles. The molecule has 0 spiro atoms. The van der Waals surface area contributed by atoms with Crippen LogP contribution in [0.15, 0.2) is 52.2 Å². The third-order valence-corrected chi connectivity index (χ3v) is 7.23. The zero-order chi connectivity index (χ0) is 30.3. The minimum atomic E-state index is -1.65. The van der Waals surface area contributed by atoms with Crippen LogP contribution < -0.4 is 5.32 Å². The maximum Gasteiger partial charge on any atom is 0.414 e. The molecule has 0 saturated heterocycles. The largest absolute Gasteiger partial charge is 0.444 e. The summed E-state index contributed by atoms with van der Waals surface area (Å²) in [5.41, 5.74) is -1.53. The van der Waals surface area contributed by atoms with Crippen LogP contribution in [0.25, 0.3) is 11.4 Å². The monoisotopic (exact) mass is 646 g/mol. The second-order valence-corrected chi connectivity index (χ2v) is 13.5. The van der Waals surface area contributed by atoms with E-state index in [4.69, 9.17) is 21.3 Å². The molecule has 9 nitrogen and oxygen atoms in total. The van der Waals surface area contributed by atoms with Crippen LogP contribution in [0, 0.1) is 11.2 Å². The highest BCUT2D eigenvalue weighted by atomic mass is 79.9. The van der Waals surface area contributed by atoms with Crippen LogP contribution in [-0.4, -0.2) is 43.6 Å². The third kappa shape index (κ3) is 6.62. The Labute approximate surface area is 252 Å². The first kappa shape index (κ1) is 30.6. The summed E-state index contributed by atoms with van der Waals surface area (Å²) in [4.78, 5) is 37.9. The van der Waals surface area contributed by atoms with E-state index in [1.165, 1.54) is 17.3 Å². The predicted molar refractivity (Wildman–Crippen MR) is 159 cm³/mol. The van der Waals surface area contributed by atoms with Gasteiger partial charge < -0.3 is 4.74 Å². The molecular weight excluding hydrogens is 615 g/mol. The Morgan fingerprint density at radius 1 is 1.20 bits per heavy atom. The van der Waals surface area contributed by atoms with Gasteiger partial charge in [0.25, 0.3) is 5.91 Å². The molecule has 1 aromatic heterocycles. The standard InChI is InChI=1S/C29H33BrClFN6O3/c1-16(17-8-11-21(31)19(12-17)23-33-15-34-37-23)38-24(39)29(14-27(2,3)4,20-10-9-18(30)13-22(20)32)36-25(38)35-26(40)41-28(5,6)7/h8-13,15-16H,14H2,1-7H3,(H,33,34,37)(H,35,36,40)/t16-,29+/m0/s1. The maximum atomic E-state index is 15.6. The first-order chi connectivity index (χ1) is 19.0. The van der Waals surface area contributed by atoms with Crippen LogP contribution >= 0.6 is 27.5 Å². The molecule has 0 bridgehead atoms. The number of carbonyl (C=O) groups excluding carboxylic acids is 2. The minimum Gasteiger partial charge on any atom is -0.444 e. The molecule has 3 aromatic rings. The molecule has 2 atom stereocenters. The van der Waals surface area contributed by atoms with E-state index >= 15 is 4.39 Å². The minimum absolute atomic E-state index is 0.0421. The molecule has 218 valence electrons. The summed E-state index contributed by atoms with van der Waals surface area (Å²) in [5.74, 6) is -0.662. The molecular formula is C29H33BrClFN6O3. The highest BCUT2D eigenvalue weighted by Gasteiger charge is 2.54. The number of guanidine groups is 1. The van der Waals surface area contributed by atoms with Gasteiger partial charge in [-0.2, -0.15) is 5.10 Å². The summed E-state index contributed by atoms with van der Waals surface area (Å²) in [6.45, 7) is 12.8. The average molecular weight is 648 g/mol. The molecule has 2 aromatic carbocycles. The molecule has 0 aliphatic carbocycles. The quantitative estimate of drug-likeness (QED) is 0.306. The summed E-state index contributed by atoms with van der Waals surface area (Å²) in [6, 6.07) is 9.12. The van der Waals surface area contributed by atoms with E-state index in [9.17, 15) is 9.59 Å². The summed E-state index contributed by atoms with van der Waals surface area (Å²) in [5, 5.41) is 9.80. The number of aromatic nitrogens is 3. The van der Waals surface area contributed by atoms with E-state index in [-0.39, 0.29) is 17.9 Å². The highest BCUT2D eigenvalue weighted by Crippen LogP contribution is 2.46. The lowest BCUT2D eigenvalue weighted by Crippen LogP contribution is -2.48. The van der Waals surface area contributed by atoms with Gasteiger partial charge in [-0.1, -0.05) is 60.4 Å². The maximum absolute atomic E-state index is 15.6. The Kier molecular flexibility index (Phi) is 8.35. The number of H-pyrrole nitrogens is 1. The molecule has 0 unspecified atom stereocenters. The number of ether oxygens (including phenoxy) is 1. The lowest BCUT2D eigenvalue weighted by Gasteiger charge is -2.34. The van der Waals surface area contributed by atoms with Crippen LogP contribution in [0.5, 0.6) is 0 Å². The van der Waals surface area contributed by atoms with Crippen molar-refractivity contribution in [3.8, 4) is 11.4 Å². The summed E-state index contributed by atoms with van der Waals surface area (Å²) >= 11 is 9.76. The lowest BCUT2D eigenvalue weighted by molar-refractivity contribution is -0.134. The fourth-order valence-electron chi connectivity index (χ4n) is 4.87. The number of hydrogen-bond donors (Lipinski definition) is 2. The van der Waals surface area contributed by atoms with E-state index < -0.39 is 40.4 Å². The normalized spacial score (nSPS) is 18.3. The number of benzene rings is 2. The first-order valence-corrected chi connectivity index (χ1v) is 14.2. The Hall–Kier alpha value is -3.31. The number of alkyl carbamates (subject to hydrolysis) is 1. The Balaban J connectivity index is 1.87. The number of rotatable bonds is 5. The van der Waals surface area contributed by atoms with Gasteiger partial charge in [-0.3, -0.25) is 20.1 Å². The van der Waals surface area contributed by atoms with E-state index in [0.29, 0.717) is 26.4 Å². The van der Waals surface area contributed by atoms with Crippen LogP contribution in [0.2, 0.25) is 5.02 Å². The molecule has 4 rings (SSSR count). The van der Waals surface area contributed by atoms with E-state index in [1.54, 1.807) is 58.0 Å². The highest BCUT2D eigenvalue weighted by molar-refractivity contribution is 9.10. The van der Waals surface area contributed by atoms with Gasteiger partial charge in [-0.05, 0) is 69.4 Å². The molecule has 2 heterocycles. The van der Waals surface area contributed by atoms with Crippen molar-refractivity contribution < 1.29 is 18.7 Å². The van der Waals surface area contributed by atoms with Crippen molar-refractivity contribution in [2.24, 2.45) is 10.4 Å². The van der Waals surface area contributed by atoms with Gasteiger partial charge in [-0.15, -0.1) is 0 Å². The first-order valence-electron chi connectivity index (χ1n) is 13.0. The van der Waals surface area contributed by atoms with Crippen molar-refractivity contribution in [3.05, 3.63) is 69.2 Å². The molecule has 0 radical (unpaired) electrons. The van der Waals surface area contributed by atoms with E-state index in [1.807, 2.05) is 20.8 Å². The molecule has 2 N–H and O–H groups in total. The molecule has 41 heavy (non-hydrogen) atoms. The zero-order valence-electron chi connectivity index (χ0n) is 24.0. The molecule has 12 heteroatoms. The number of hydrogen-bond acceptors (Lipinski definition) is 6. The smallest absolute Gasteiger partial charge is 0.414 e. The van der Waals surface area contributed by atoms with Gasteiger partial charge in [0.15, 0.2) is 11.4 Å². The van der Waals surface area contributed by atoms with Crippen molar-refractivity contribution >= 4 is 45.5 Å². The van der Waals surface area contributed by atoms with Gasteiger partial charge in [-0.25, -0.2) is 19.2 Å². The van der Waals surface area contributed by atoms with E-state index in [2.05, 4.69) is 36.4 Å². The molecule has 2 amide bonds. The number of nitrogens with one attached hydrogen (secondary N) is 2. The average Bonchev–Trinajstić information content (AvgIpc) is 3.44. The van der Waals surface area contributed by atoms with Gasteiger partial charge in [0, 0.05) is 15.6 Å². The van der Waals surface area contributed by atoms with Crippen molar-refractivity contribution in [1.82, 2.24) is 25.4 Å². The van der Waals surface area contributed by atoms with Crippen molar-refractivity contribution in [3.63, 3.8) is 0 Å². The number of nitrogens with zero attached hydrogens (tertiary/aromatic N) is 4. The van der Waals surface area contributed by atoms with Crippen LogP contribution in [0.1, 0.15) is 72.1 Å². The summed E-state index contributed by atoms with van der Waals surface area (Å²) in [6.07, 6.45) is 0.751. The van der Waals surface area contributed by atoms with Gasteiger partial charge >= 0.3 is 6.09 Å². The van der Waals surface area contributed by atoms with E-state index in [0.717, 1.165) is 0 Å². The van der Waals surface area contributed by atoms with Crippen LogP contribution in [0.4, 0.5) is 9.18 Å². The molecule has 0 saturated carbocycles. The Morgan fingerprint density at radius 2 is 1.90 bits per heavy atom. The predicted octanol–water partition coefficient (Wildman–Crippen LogP) is 7.14. The second kappa shape index (κ2) is 11.2. The molecule has 1 aliphatic rings. The topological polar surface area (TPSA) is 113 Å². The van der Waals surface area contributed by atoms with Crippen molar-refractivity contribution in [1.29, 1.82) is 0 Å². The fraction of sp³-hybridized carbons (Fsp3) is 0.414. The SMILES string of the molecule is C[C@@H](c1ccc(Cl)c(-c2ncn[nH]2)c1)N1C(=O)[C@@](CC(C)(C)C)(c2ccc(Br)cc2F)N=C1NC(=O)OC(C)(C)C. The number of halogens is 3. The number of aromatic amines is 1. The second-order valence-electron chi connectivity index (χ2n) is 12.2. The Bertz CT molecular complexity index is 1500. The number of amides is 2. The van der Waals surface area contributed by atoms with Gasteiger partial charge in [0.1, 0.15) is 17.7 Å². The van der Waals surface area contributed by atoms with Gasteiger partial charge in [0.2, 0.25) is 5.96 Å². The van der Waals surface area contributed by atoms with Crippen LogP contribution in [0.3, 0.4) is 0 Å². The van der Waals surface area contributed by atoms with Crippen molar-refractivity contribution in [2.45, 2.75) is 72.1 Å². The number of carbonyl (C=O) groups is 2. The summed E-state index contributed by atoms with van der Waals surface area (Å²) in [7, 11) is 0. The van der Waals surface area contributed by atoms with Crippen LogP contribution in [-0.2, 0) is 15.1 Å². The lowest BCUT2D eigenvalue weighted by atomic mass is 9.75. The Morgan fingerprint density at radius 3 is 2.49 bits per heavy atom. The number of aliphatic imine (C=N–C) groups is 1. The fourth-order valence-corrected chi connectivity index (χ4v) is 5.41. The molecule has 0 fully saturated rings. The van der Waals surface area contributed by atoms with Gasteiger partial charge in [0.05, 0.1) is 11.1 Å². The summed E-state index contributed by atoms with van der Waals surface area (Å²) < 4.78 is 21.6.